The van der Waals surface area contributed by atoms with Gasteiger partial charge in [0.05, 0.1) is 0 Å². The summed E-state index contributed by atoms with van der Waals surface area (Å²) in [5, 5.41) is 11.7. The molecule has 0 bridgehead atoms. The molecule has 0 aliphatic heterocycles. The molecule has 1 heterocycles. The summed E-state index contributed by atoms with van der Waals surface area (Å²) < 4.78 is 5.86. The molecule has 114 valence electrons. The lowest BCUT2D eigenvalue weighted by molar-refractivity contribution is 0.0560. The highest BCUT2D eigenvalue weighted by Gasteiger charge is 2.28. The van der Waals surface area contributed by atoms with Gasteiger partial charge in [-0.3, -0.25) is 0 Å². The smallest absolute Gasteiger partial charge is 0.134 e. The highest BCUT2D eigenvalue weighted by molar-refractivity contribution is 5.78. The van der Waals surface area contributed by atoms with Crippen LogP contribution in [0.15, 0.2) is 28.7 Å². The van der Waals surface area contributed by atoms with Gasteiger partial charge in [-0.2, -0.15) is 0 Å². The molecule has 1 saturated carbocycles. The molecule has 0 radical (unpaired) electrons. The standard InChI is InChI=1S/C19H26O2/c1-3-4-14-6-8-15(9-7-14)19(20)18-12-16-11-13(2)5-10-17(16)21-18/h5,10-12,14-15,19-20H,3-4,6-9H2,1-2H3. The van der Waals surface area contributed by atoms with Gasteiger partial charge in [-0.15, -0.1) is 0 Å². The summed E-state index contributed by atoms with van der Waals surface area (Å²) in [4.78, 5) is 0. The summed E-state index contributed by atoms with van der Waals surface area (Å²) >= 11 is 0. The molecular formula is C19H26O2. The maximum absolute atomic E-state index is 10.6. The molecule has 1 atom stereocenters. The summed E-state index contributed by atoms with van der Waals surface area (Å²) in [6, 6.07) is 8.19. The number of hydrogen-bond acceptors (Lipinski definition) is 2. The minimum Gasteiger partial charge on any atom is -0.458 e. The van der Waals surface area contributed by atoms with E-state index in [0.717, 1.165) is 35.5 Å². The monoisotopic (exact) mass is 286 g/mol. The molecule has 1 unspecified atom stereocenters. The maximum atomic E-state index is 10.6. The highest BCUT2D eigenvalue weighted by atomic mass is 16.4. The van der Waals surface area contributed by atoms with Crippen LogP contribution in [0.4, 0.5) is 0 Å². The van der Waals surface area contributed by atoms with Crippen molar-refractivity contribution in [3.05, 3.63) is 35.6 Å². The van der Waals surface area contributed by atoms with Crippen LogP contribution in [-0.4, -0.2) is 5.11 Å². The molecule has 1 N–H and O–H groups in total. The molecule has 0 saturated heterocycles. The maximum Gasteiger partial charge on any atom is 0.134 e. The first-order chi connectivity index (χ1) is 10.2. The van der Waals surface area contributed by atoms with Gasteiger partial charge in [0.25, 0.3) is 0 Å². The Kier molecular flexibility index (Phi) is 4.34. The van der Waals surface area contributed by atoms with Crippen molar-refractivity contribution < 1.29 is 9.52 Å². The van der Waals surface area contributed by atoms with Crippen molar-refractivity contribution in [3.8, 4) is 0 Å². The third-order valence-corrected chi connectivity index (χ3v) is 5.02. The first-order valence-corrected chi connectivity index (χ1v) is 8.35. The molecule has 2 aromatic rings. The molecule has 2 nitrogen and oxygen atoms in total. The van der Waals surface area contributed by atoms with Gasteiger partial charge in [-0.05, 0) is 49.8 Å². The second kappa shape index (κ2) is 6.23. The van der Waals surface area contributed by atoms with Crippen molar-refractivity contribution >= 4 is 11.0 Å². The highest BCUT2D eigenvalue weighted by Crippen LogP contribution is 2.39. The Labute approximate surface area is 127 Å². The van der Waals surface area contributed by atoms with E-state index in [4.69, 9.17) is 4.42 Å². The van der Waals surface area contributed by atoms with Gasteiger partial charge in [-0.1, -0.05) is 44.2 Å². The Hall–Kier alpha value is -1.28. The molecule has 1 aromatic carbocycles. The third kappa shape index (κ3) is 3.16. The van der Waals surface area contributed by atoms with Crippen molar-refractivity contribution in [3.63, 3.8) is 0 Å². The number of furan rings is 1. The summed E-state index contributed by atoms with van der Waals surface area (Å²) in [7, 11) is 0. The fourth-order valence-corrected chi connectivity index (χ4v) is 3.76. The van der Waals surface area contributed by atoms with E-state index in [-0.39, 0.29) is 0 Å². The Morgan fingerprint density at radius 2 is 1.95 bits per heavy atom. The van der Waals surface area contributed by atoms with E-state index in [0.29, 0.717) is 5.92 Å². The van der Waals surface area contributed by atoms with Crippen LogP contribution in [0.1, 0.15) is 62.9 Å². The molecule has 1 aromatic heterocycles. The lowest BCUT2D eigenvalue weighted by atomic mass is 9.77. The van der Waals surface area contributed by atoms with E-state index in [2.05, 4.69) is 26.0 Å². The van der Waals surface area contributed by atoms with E-state index in [1.54, 1.807) is 0 Å². The average molecular weight is 286 g/mol. The van der Waals surface area contributed by atoms with Gasteiger partial charge < -0.3 is 9.52 Å². The van der Waals surface area contributed by atoms with Crippen LogP contribution >= 0.6 is 0 Å². The molecule has 0 spiro atoms. The lowest BCUT2D eigenvalue weighted by Gasteiger charge is -2.30. The van der Waals surface area contributed by atoms with Gasteiger partial charge in [0.15, 0.2) is 0 Å². The normalized spacial score (nSPS) is 24.3. The van der Waals surface area contributed by atoms with Gasteiger partial charge in [0, 0.05) is 5.39 Å². The zero-order valence-electron chi connectivity index (χ0n) is 13.1. The number of benzene rings is 1. The van der Waals surface area contributed by atoms with Crippen molar-refractivity contribution in [2.24, 2.45) is 11.8 Å². The predicted octanol–water partition coefficient (Wildman–Crippen LogP) is 5.38. The molecular weight excluding hydrogens is 260 g/mol. The van der Waals surface area contributed by atoms with Crippen LogP contribution < -0.4 is 0 Å². The van der Waals surface area contributed by atoms with Crippen LogP contribution in [0.5, 0.6) is 0 Å². The molecule has 1 aliphatic rings. The van der Waals surface area contributed by atoms with Gasteiger partial charge in [0.1, 0.15) is 17.4 Å². The number of hydrogen-bond donors (Lipinski definition) is 1. The van der Waals surface area contributed by atoms with Gasteiger partial charge in [0.2, 0.25) is 0 Å². The Bertz CT molecular complexity index is 591. The fraction of sp³-hybridized carbons (Fsp3) is 0.579. The van der Waals surface area contributed by atoms with Crippen molar-refractivity contribution in [2.45, 2.75) is 58.5 Å². The van der Waals surface area contributed by atoms with E-state index >= 15 is 0 Å². The van der Waals surface area contributed by atoms with Gasteiger partial charge >= 0.3 is 0 Å². The van der Waals surface area contributed by atoms with Crippen molar-refractivity contribution in [1.82, 2.24) is 0 Å². The van der Waals surface area contributed by atoms with Crippen LogP contribution in [0, 0.1) is 18.8 Å². The number of aliphatic hydroxyl groups excluding tert-OH is 1. The van der Waals surface area contributed by atoms with E-state index < -0.39 is 6.10 Å². The zero-order valence-corrected chi connectivity index (χ0v) is 13.1. The van der Waals surface area contributed by atoms with Gasteiger partial charge in [-0.25, -0.2) is 0 Å². The van der Waals surface area contributed by atoms with E-state index in [1.165, 1.54) is 31.2 Å². The minimum absolute atomic E-state index is 0.361. The average Bonchev–Trinajstić information content (AvgIpc) is 2.90. The van der Waals surface area contributed by atoms with Crippen molar-refractivity contribution in [2.75, 3.05) is 0 Å². The number of rotatable bonds is 4. The van der Waals surface area contributed by atoms with E-state index in [1.807, 2.05) is 12.1 Å². The molecule has 1 fully saturated rings. The van der Waals surface area contributed by atoms with Crippen LogP contribution in [-0.2, 0) is 0 Å². The van der Waals surface area contributed by atoms with Crippen LogP contribution in [0.3, 0.4) is 0 Å². The largest absolute Gasteiger partial charge is 0.458 e. The van der Waals surface area contributed by atoms with Crippen LogP contribution in [0.25, 0.3) is 11.0 Å². The summed E-state index contributed by atoms with van der Waals surface area (Å²) in [5.74, 6) is 1.98. The predicted molar refractivity (Wildman–Crippen MR) is 86.3 cm³/mol. The number of aliphatic hydroxyl groups is 1. The first-order valence-electron chi connectivity index (χ1n) is 8.35. The molecule has 21 heavy (non-hydrogen) atoms. The Morgan fingerprint density at radius 1 is 1.19 bits per heavy atom. The quantitative estimate of drug-likeness (QED) is 0.818. The van der Waals surface area contributed by atoms with E-state index in [9.17, 15) is 5.11 Å². The Balaban J connectivity index is 1.70. The Morgan fingerprint density at radius 3 is 2.67 bits per heavy atom. The SMILES string of the molecule is CCCC1CCC(C(O)c2cc3cc(C)ccc3o2)CC1. The third-order valence-electron chi connectivity index (χ3n) is 5.02. The number of fused-ring (bicyclic) bond motifs is 1. The van der Waals surface area contributed by atoms with Crippen molar-refractivity contribution in [1.29, 1.82) is 0 Å². The molecule has 2 heteroatoms. The summed E-state index contributed by atoms with van der Waals surface area (Å²) in [5.41, 5.74) is 2.11. The van der Waals surface area contributed by atoms with Crippen LogP contribution in [0.2, 0.25) is 0 Å². The lowest BCUT2D eigenvalue weighted by Crippen LogP contribution is -2.20. The second-order valence-corrected chi connectivity index (χ2v) is 6.70. The zero-order chi connectivity index (χ0) is 14.8. The topological polar surface area (TPSA) is 33.4 Å². The minimum atomic E-state index is -0.444. The number of aryl methyl sites for hydroxylation is 1. The summed E-state index contributed by atoms with van der Waals surface area (Å²) in [6.45, 7) is 4.34. The molecule has 0 amide bonds. The molecule has 1 aliphatic carbocycles. The second-order valence-electron chi connectivity index (χ2n) is 6.70. The fourth-order valence-electron chi connectivity index (χ4n) is 3.76. The molecule has 3 rings (SSSR count). The summed E-state index contributed by atoms with van der Waals surface area (Å²) in [6.07, 6.45) is 6.95. The first kappa shape index (κ1) is 14.6.